The summed E-state index contributed by atoms with van der Waals surface area (Å²) >= 11 is 0. The molecule has 0 aromatic rings. The number of carbonyl (C=O) groups excluding carboxylic acids is 1. The maximum absolute atomic E-state index is 11.5. The largest absolute Gasteiger partial charge is 0.378 e. The van der Waals surface area contributed by atoms with Crippen molar-refractivity contribution in [2.75, 3.05) is 26.7 Å². The van der Waals surface area contributed by atoms with Crippen molar-refractivity contribution in [3.8, 4) is 0 Å². The molecule has 1 unspecified atom stereocenters. The van der Waals surface area contributed by atoms with Gasteiger partial charge >= 0.3 is 0 Å². The molecule has 0 spiro atoms. The molecule has 4 heteroatoms. The molecule has 1 rings (SSSR count). The van der Waals surface area contributed by atoms with Gasteiger partial charge < -0.3 is 15.4 Å². The second kappa shape index (κ2) is 6.97. The zero-order chi connectivity index (χ0) is 12.7. The van der Waals surface area contributed by atoms with E-state index < -0.39 is 0 Å². The van der Waals surface area contributed by atoms with Crippen molar-refractivity contribution in [2.24, 2.45) is 5.41 Å². The lowest BCUT2D eigenvalue weighted by atomic mass is 9.92. The molecule has 0 saturated carbocycles. The van der Waals surface area contributed by atoms with Crippen LogP contribution >= 0.6 is 0 Å². The number of nitrogens with one attached hydrogen (secondary N) is 2. The molecular formula is C13H26N2O2. The molecule has 1 atom stereocenters. The van der Waals surface area contributed by atoms with Gasteiger partial charge in [-0.15, -0.1) is 0 Å². The Morgan fingerprint density at radius 3 is 2.82 bits per heavy atom. The Kier molecular flexibility index (Phi) is 5.92. The minimum atomic E-state index is -0.335. The van der Waals surface area contributed by atoms with Crippen LogP contribution in [0.1, 0.15) is 39.5 Å². The van der Waals surface area contributed by atoms with E-state index in [-0.39, 0.29) is 11.3 Å². The quantitative estimate of drug-likeness (QED) is 0.662. The molecule has 17 heavy (non-hydrogen) atoms. The predicted molar refractivity (Wildman–Crippen MR) is 68.9 cm³/mol. The van der Waals surface area contributed by atoms with Gasteiger partial charge in [0.15, 0.2) is 0 Å². The smallest absolute Gasteiger partial charge is 0.226 e. The molecule has 2 N–H and O–H groups in total. The Morgan fingerprint density at radius 2 is 2.24 bits per heavy atom. The number of carbonyl (C=O) groups is 1. The monoisotopic (exact) mass is 242 g/mol. The van der Waals surface area contributed by atoms with Crippen molar-refractivity contribution in [3.05, 3.63) is 0 Å². The summed E-state index contributed by atoms with van der Waals surface area (Å²) in [6.07, 6.45) is 5.15. The minimum Gasteiger partial charge on any atom is -0.378 e. The Labute approximate surface area is 104 Å². The van der Waals surface area contributed by atoms with Crippen molar-refractivity contribution in [2.45, 2.75) is 45.6 Å². The van der Waals surface area contributed by atoms with Crippen LogP contribution in [0.2, 0.25) is 0 Å². The highest BCUT2D eigenvalue weighted by atomic mass is 16.5. The highest BCUT2D eigenvalue weighted by Gasteiger charge is 2.25. The predicted octanol–water partition coefficient (Wildman–Crippen LogP) is 1.31. The summed E-state index contributed by atoms with van der Waals surface area (Å²) in [5.74, 6) is 0.0872. The third-order valence-electron chi connectivity index (χ3n) is 3.31. The molecule has 0 bridgehead atoms. The molecule has 0 radical (unpaired) electrons. The maximum Gasteiger partial charge on any atom is 0.226 e. The zero-order valence-electron chi connectivity index (χ0n) is 11.3. The molecule has 1 aliphatic rings. The molecular weight excluding hydrogens is 216 g/mol. The minimum absolute atomic E-state index is 0.0872. The van der Waals surface area contributed by atoms with Crippen molar-refractivity contribution in [1.29, 1.82) is 0 Å². The summed E-state index contributed by atoms with van der Waals surface area (Å²) in [6, 6.07) is 0. The Bertz CT molecular complexity index is 236. The van der Waals surface area contributed by atoms with E-state index in [0.29, 0.717) is 6.10 Å². The van der Waals surface area contributed by atoms with Crippen LogP contribution in [0.15, 0.2) is 0 Å². The van der Waals surface area contributed by atoms with Gasteiger partial charge in [-0.1, -0.05) is 0 Å². The van der Waals surface area contributed by atoms with E-state index >= 15 is 0 Å². The van der Waals surface area contributed by atoms with Crippen molar-refractivity contribution in [1.82, 2.24) is 10.6 Å². The van der Waals surface area contributed by atoms with Crippen molar-refractivity contribution >= 4 is 5.91 Å². The third-order valence-corrected chi connectivity index (χ3v) is 3.31. The van der Waals surface area contributed by atoms with Gasteiger partial charge in [0.2, 0.25) is 5.91 Å². The van der Waals surface area contributed by atoms with Gasteiger partial charge in [0.25, 0.3) is 0 Å². The third kappa shape index (κ3) is 5.04. The van der Waals surface area contributed by atoms with Gasteiger partial charge in [-0.25, -0.2) is 0 Å². The summed E-state index contributed by atoms with van der Waals surface area (Å²) in [5.41, 5.74) is -0.335. The molecule has 0 aliphatic carbocycles. The van der Waals surface area contributed by atoms with Gasteiger partial charge in [-0.05, 0) is 46.1 Å². The number of ether oxygens (including phenoxy) is 1. The average molecular weight is 242 g/mol. The van der Waals surface area contributed by atoms with Crippen molar-refractivity contribution in [3.63, 3.8) is 0 Å². The van der Waals surface area contributed by atoms with Crippen LogP contribution in [-0.2, 0) is 9.53 Å². The molecule has 1 fully saturated rings. The maximum atomic E-state index is 11.5. The lowest BCUT2D eigenvalue weighted by Gasteiger charge is -2.23. The Hall–Kier alpha value is -0.610. The standard InChI is InChI=1S/C13H26N2O2/c1-13(2,12(16)14-3)10-15-8-4-6-11-7-5-9-17-11/h11,15H,4-10H2,1-3H3,(H,14,16). The summed E-state index contributed by atoms with van der Waals surface area (Å²) in [5, 5.41) is 6.04. The van der Waals surface area contributed by atoms with E-state index in [2.05, 4.69) is 10.6 Å². The van der Waals surface area contributed by atoms with E-state index in [1.807, 2.05) is 13.8 Å². The number of hydrogen-bond donors (Lipinski definition) is 2. The van der Waals surface area contributed by atoms with E-state index in [1.54, 1.807) is 7.05 Å². The van der Waals surface area contributed by atoms with Gasteiger partial charge in [0.1, 0.15) is 0 Å². The highest BCUT2D eigenvalue weighted by Crippen LogP contribution is 2.17. The Morgan fingerprint density at radius 1 is 1.47 bits per heavy atom. The van der Waals surface area contributed by atoms with Crippen LogP contribution in [0.3, 0.4) is 0 Å². The van der Waals surface area contributed by atoms with E-state index in [1.165, 1.54) is 12.8 Å². The summed E-state index contributed by atoms with van der Waals surface area (Å²) in [7, 11) is 1.68. The first-order valence-electron chi connectivity index (χ1n) is 6.61. The topological polar surface area (TPSA) is 50.4 Å². The SMILES string of the molecule is CNC(=O)C(C)(C)CNCCCC1CCCO1. The van der Waals surface area contributed by atoms with Gasteiger partial charge in [-0.2, -0.15) is 0 Å². The fraction of sp³-hybridized carbons (Fsp3) is 0.923. The van der Waals surface area contributed by atoms with Crippen LogP contribution < -0.4 is 10.6 Å². The number of amides is 1. The summed E-state index contributed by atoms with van der Waals surface area (Å²) in [6.45, 7) is 6.53. The number of hydrogen-bond acceptors (Lipinski definition) is 3. The van der Waals surface area contributed by atoms with E-state index in [0.717, 1.165) is 32.5 Å². The zero-order valence-corrected chi connectivity index (χ0v) is 11.3. The van der Waals surface area contributed by atoms with E-state index in [4.69, 9.17) is 4.74 Å². The van der Waals surface area contributed by atoms with Crippen molar-refractivity contribution < 1.29 is 9.53 Å². The van der Waals surface area contributed by atoms with Gasteiger partial charge in [0, 0.05) is 20.2 Å². The fourth-order valence-corrected chi connectivity index (χ4v) is 2.15. The molecule has 1 heterocycles. The lowest BCUT2D eigenvalue weighted by Crippen LogP contribution is -2.42. The van der Waals surface area contributed by atoms with Gasteiger partial charge in [0.05, 0.1) is 11.5 Å². The lowest BCUT2D eigenvalue weighted by molar-refractivity contribution is -0.128. The molecule has 4 nitrogen and oxygen atoms in total. The van der Waals surface area contributed by atoms with E-state index in [9.17, 15) is 4.79 Å². The molecule has 0 aromatic carbocycles. The normalized spacial score (nSPS) is 20.5. The van der Waals surface area contributed by atoms with Crippen LogP contribution in [0.4, 0.5) is 0 Å². The molecule has 1 aliphatic heterocycles. The molecule has 100 valence electrons. The van der Waals surface area contributed by atoms with Crippen LogP contribution in [0, 0.1) is 5.41 Å². The fourth-order valence-electron chi connectivity index (χ4n) is 2.15. The molecule has 0 aromatic heterocycles. The summed E-state index contributed by atoms with van der Waals surface area (Å²) < 4.78 is 5.56. The Balaban J connectivity index is 2.04. The van der Waals surface area contributed by atoms with Crippen LogP contribution in [0.5, 0.6) is 0 Å². The molecule has 1 saturated heterocycles. The molecule has 1 amide bonds. The average Bonchev–Trinajstić information content (AvgIpc) is 2.80. The second-order valence-corrected chi connectivity index (χ2v) is 5.42. The first kappa shape index (κ1) is 14.5. The van der Waals surface area contributed by atoms with Gasteiger partial charge in [-0.3, -0.25) is 4.79 Å². The number of rotatable bonds is 7. The highest BCUT2D eigenvalue weighted by molar-refractivity contribution is 5.81. The van der Waals surface area contributed by atoms with Crippen LogP contribution in [-0.4, -0.2) is 38.8 Å². The van der Waals surface area contributed by atoms with Crippen LogP contribution in [0.25, 0.3) is 0 Å². The first-order valence-corrected chi connectivity index (χ1v) is 6.61. The first-order chi connectivity index (χ1) is 8.06. The summed E-state index contributed by atoms with van der Waals surface area (Å²) in [4.78, 5) is 11.5. The second-order valence-electron chi connectivity index (χ2n) is 5.42.